The molecule has 30 heavy (non-hydrogen) atoms. The molecule has 0 amide bonds. The third kappa shape index (κ3) is 4.03. The number of rotatable bonds is 6. The predicted molar refractivity (Wildman–Crippen MR) is 114 cm³/mol. The van der Waals surface area contributed by atoms with E-state index in [0.717, 1.165) is 11.3 Å². The molecule has 9 nitrogen and oxygen atoms in total. The van der Waals surface area contributed by atoms with Crippen molar-refractivity contribution in [2.75, 3.05) is 10.0 Å². The van der Waals surface area contributed by atoms with Gasteiger partial charge in [0.05, 0.1) is 16.1 Å². The van der Waals surface area contributed by atoms with Gasteiger partial charge in [0.25, 0.3) is 10.0 Å². The first kappa shape index (κ1) is 19.6. The standard InChI is InChI=1S/C20H19N5O4S/c1-3-13-4-5-14(23-19-8-12(2)21-11-22-19)9-17(13)25-30(27,28)15-6-7-16-18(10-15)29-20(26)24-16/h4-11,25H,3H2,1-2H3,(H,24,26)(H,21,22,23). The van der Waals surface area contributed by atoms with E-state index in [1.807, 2.05) is 26.0 Å². The van der Waals surface area contributed by atoms with Crippen LogP contribution in [0.4, 0.5) is 17.2 Å². The van der Waals surface area contributed by atoms with Crippen LogP contribution in [0.5, 0.6) is 0 Å². The van der Waals surface area contributed by atoms with E-state index in [-0.39, 0.29) is 10.5 Å². The Morgan fingerprint density at radius 1 is 1.10 bits per heavy atom. The summed E-state index contributed by atoms with van der Waals surface area (Å²) in [6.07, 6.45) is 2.09. The molecule has 0 spiro atoms. The van der Waals surface area contributed by atoms with Gasteiger partial charge in [-0.15, -0.1) is 0 Å². The van der Waals surface area contributed by atoms with Crippen LogP contribution in [0.15, 0.2) is 62.9 Å². The largest absolute Gasteiger partial charge is 0.417 e. The highest BCUT2D eigenvalue weighted by Crippen LogP contribution is 2.27. The van der Waals surface area contributed by atoms with Gasteiger partial charge in [-0.25, -0.2) is 23.2 Å². The van der Waals surface area contributed by atoms with Crippen LogP contribution >= 0.6 is 0 Å². The molecule has 0 fully saturated rings. The number of aromatic nitrogens is 3. The molecule has 0 aliphatic carbocycles. The Morgan fingerprint density at radius 2 is 1.93 bits per heavy atom. The molecule has 2 aromatic heterocycles. The molecule has 3 N–H and O–H groups in total. The second-order valence-corrected chi connectivity index (χ2v) is 8.36. The number of benzene rings is 2. The smallest absolute Gasteiger partial charge is 0.408 e. The van der Waals surface area contributed by atoms with Gasteiger partial charge < -0.3 is 9.73 Å². The summed E-state index contributed by atoms with van der Waals surface area (Å²) in [4.78, 5) is 22.0. The molecule has 0 aliphatic heterocycles. The van der Waals surface area contributed by atoms with Crippen molar-refractivity contribution in [3.05, 3.63) is 70.6 Å². The fourth-order valence-corrected chi connectivity index (χ4v) is 4.13. The van der Waals surface area contributed by atoms with Gasteiger partial charge in [0.1, 0.15) is 12.1 Å². The van der Waals surface area contributed by atoms with E-state index in [0.29, 0.717) is 29.1 Å². The van der Waals surface area contributed by atoms with E-state index < -0.39 is 15.8 Å². The summed E-state index contributed by atoms with van der Waals surface area (Å²) >= 11 is 0. The van der Waals surface area contributed by atoms with Gasteiger partial charge in [-0.2, -0.15) is 0 Å². The van der Waals surface area contributed by atoms with Crippen LogP contribution in [0.3, 0.4) is 0 Å². The van der Waals surface area contributed by atoms with Gasteiger partial charge in [-0.3, -0.25) is 9.71 Å². The third-order valence-electron chi connectivity index (χ3n) is 4.51. The number of hydrogen-bond donors (Lipinski definition) is 3. The second-order valence-electron chi connectivity index (χ2n) is 6.67. The number of H-pyrrole nitrogens is 1. The summed E-state index contributed by atoms with van der Waals surface area (Å²) in [7, 11) is -3.90. The van der Waals surface area contributed by atoms with E-state index in [2.05, 4.69) is 25.0 Å². The van der Waals surface area contributed by atoms with Gasteiger partial charge in [0.15, 0.2) is 5.58 Å². The fourth-order valence-electron chi connectivity index (χ4n) is 3.02. The first-order valence-corrected chi connectivity index (χ1v) is 10.7. The van der Waals surface area contributed by atoms with Crippen molar-refractivity contribution in [3.8, 4) is 0 Å². The normalized spacial score (nSPS) is 11.5. The van der Waals surface area contributed by atoms with Crippen LogP contribution in [0, 0.1) is 6.92 Å². The van der Waals surface area contributed by atoms with Crippen molar-refractivity contribution in [3.63, 3.8) is 0 Å². The van der Waals surface area contributed by atoms with Gasteiger partial charge in [0, 0.05) is 23.5 Å². The Kier molecular flexibility index (Phi) is 5.00. The van der Waals surface area contributed by atoms with E-state index >= 15 is 0 Å². The summed E-state index contributed by atoms with van der Waals surface area (Å²) in [6, 6.07) is 11.4. The molecule has 2 aromatic carbocycles. The maximum atomic E-state index is 13.0. The lowest BCUT2D eigenvalue weighted by Crippen LogP contribution is -2.14. The number of oxazole rings is 1. The van der Waals surface area contributed by atoms with Crippen LogP contribution in [0.2, 0.25) is 0 Å². The minimum atomic E-state index is -3.90. The highest BCUT2D eigenvalue weighted by molar-refractivity contribution is 7.92. The molecule has 0 atom stereocenters. The monoisotopic (exact) mass is 425 g/mol. The summed E-state index contributed by atoms with van der Waals surface area (Å²) in [6.45, 7) is 3.80. The van der Waals surface area contributed by atoms with Crippen LogP contribution in [0.1, 0.15) is 18.2 Å². The molecule has 4 aromatic rings. The van der Waals surface area contributed by atoms with Gasteiger partial charge in [0.2, 0.25) is 0 Å². The number of nitrogens with one attached hydrogen (secondary N) is 3. The SMILES string of the molecule is CCc1ccc(Nc2cc(C)ncn2)cc1NS(=O)(=O)c1ccc2[nH]c(=O)oc2c1. The molecule has 0 radical (unpaired) electrons. The van der Waals surface area contributed by atoms with Crippen molar-refractivity contribution in [2.24, 2.45) is 0 Å². The molecular formula is C20H19N5O4S. The summed E-state index contributed by atoms with van der Waals surface area (Å²) in [5, 5.41) is 3.15. The van der Waals surface area contributed by atoms with E-state index in [4.69, 9.17) is 4.42 Å². The lowest BCUT2D eigenvalue weighted by Gasteiger charge is -2.14. The molecule has 4 rings (SSSR count). The maximum Gasteiger partial charge on any atom is 0.417 e. The summed E-state index contributed by atoms with van der Waals surface area (Å²) in [5.41, 5.74) is 3.37. The van der Waals surface area contributed by atoms with Crippen molar-refractivity contribution >= 4 is 38.3 Å². The third-order valence-corrected chi connectivity index (χ3v) is 5.88. The number of nitrogens with zero attached hydrogens (tertiary/aromatic N) is 2. The van der Waals surface area contributed by atoms with E-state index in [1.165, 1.54) is 24.5 Å². The molecule has 10 heteroatoms. The first-order valence-electron chi connectivity index (χ1n) is 9.18. The van der Waals surface area contributed by atoms with Crippen LogP contribution in [-0.4, -0.2) is 23.4 Å². The molecule has 0 aliphatic rings. The van der Waals surface area contributed by atoms with Crippen LogP contribution in [0.25, 0.3) is 11.1 Å². The number of anilines is 3. The lowest BCUT2D eigenvalue weighted by atomic mass is 10.1. The van der Waals surface area contributed by atoms with Crippen molar-refractivity contribution in [2.45, 2.75) is 25.2 Å². The number of fused-ring (bicyclic) bond motifs is 1. The van der Waals surface area contributed by atoms with E-state index in [1.54, 1.807) is 12.1 Å². The van der Waals surface area contributed by atoms with Gasteiger partial charge >= 0.3 is 5.76 Å². The number of hydrogen-bond acceptors (Lipinski definition) is 7. The molecular weight excluding hydrogens is 406 g/mol. The Balaban J connectivity index is 1.66. The zero-order valence-corrected chi connectivity index (χ0v) is 17.1. The van der Waals surface area contributed by atoms with Gasteiger partial charge in [-0.1, -0.05) is 13.0 Å². The first-order chi connectivity index (χ1) is 14.3. The highest BCUT2D eigenvalue weighted by Gasteiger charge is 2.18. The quantitative estimate of drug-likeness (QED) is 0.432. The molecule has 0 unspecified atom stereocenters. The lowest BCUT2D eigenvalue weighted by molar-refractivity contribution is 0.554. The second kappa shape index (κ2) is 7.64. The number of aromatic amines is 1. The average Bonchev–Trinajstić information content (AvgIpc) is 3.07. The molecule has 2 heterocycles. The Morgan fingerprint density at radius 3 is 2.70 bits per heavy atom. The fraction of sp³-hybridized carbons (Fsp3) is 0.150. The minimum absolute atomic E-state index is 0.00964. The van der Waals surface area contributed by atoms with E-state index in [9.17, 15) is 13.2 Å². The van der Waals surface area contributed by atoms with Crippen molar-refractivity contribution < 1.29 is 12.8 Å². The Labute approximate surface area is 172 Å². The Hall–Kier alpha value is -3.66. The summed E-state index contributed by atoms with van der Waals surface area (Å²) < 4.78 is 33.5. The maximum absolute atomic E-state index is 13.0. The van der Waals surface area contributed by atoms with Crippen LogP contribution < -0.4 is 15.8 Å². The predicted octanol–water partition coefficient (Wildman–Crippen LogP) is 3.33. The number of aryl methyl sites for hydroxylation is 2. The summed E-state index contributed by atoms with van der Waals surface area (Å²) in [5.74, 6) is -0.0343. The zero-order valence-electron chi connectivity index (χ0n) is 16.3. The average molecular weight is 425 g/mol. The topological polar surface area (TPSA) is 130 Å². The molecule has 0 saturated heterocycles. The highest BCUT2D eigenvalue weighted by atomic mass is 32.2. The number of sulfonamides is 1. The zero-order chi connectivity index (χ0) is 21.3. The molecule has 154 valence electrons. The molecule has 0 saturated carbocycles. The van der Waals surface area contributed by atoms with Crippen molar-refractivity contribution in [1.82, 2.24) is 15.0 Å². The minimum Gasteiger partial charge on any atom is -0.408 e. The van der Waals surface area contributed by atoms with Crippen molar-refractivity contribution in [1.29, 1.82) is 0 Å². The molecule has 0 bridgehead atoms. The Bertz CT molecular complexity index is 1390. The van der Waals surface area contributed by atoms with Crippen LogP contribution in [-0.2, 0) is 16.4 Å². The van der Waals surface area contributed by atoms with Gasteiger partial charge in [-0.05, 0) is 43.2 Å².